The summed E-state index contributed by atoms with van der Waals surface area (Å²) in [5.74, 6) is 1.28. The number of halogens is 1. The Bertz CT molecular complexity index is 430. The Morgan fingerprint density at radius 1 is 1.41 bits per heavy atom. The van der Waals surface area contributed by atoms with E-state index in [2.05, 4.69) is 0 Å². The van der Waals surface area contributed by atoms with Crippen molar-refractivity contribution in [1.82, 2.24) is 0 Å². The van der Waals surface area contributed by atoms with Crippen LogP contribution in [-0.2, 0) is 0 Å². The van der Waals surface area contributed by atoms with Crippen molar-refractivity contribution in [3.05, 3.63) is 29.3 Å². The molecule has 0 aliphatic carbocycles. The van der Waals surface area contributed by atoms with Gasteiger partial charge in [-0.1, -0.05) is 12.2 Å². The summed E-state index contributed by atoms with van der Waals surface area (Å²) in [6.45, 7) is 2.95. The smallest absolute Gasteiger partial charge is 0.168 e. The number of rotatable bonds is 3. The van der Waals surface area contributed by atoms with Gasteiger partial charge in [0, 0.05) is 12.1 Å². The van der Waals surface area contributed by atoms with E-state index in [1.165, 1.54) is 6.92 Å². The summed E-state index contributed by atoms with van der Waals surface area (Å²) < 4.78 is 24.4. The minimum atomic E-state index is -1.03. The molecule has 0 spiro atoms. The number of hydrogen-bond acceptors (Lipinski definition) is 3. The summed E-state index contributed by atoms with van der Waals surface area (Å²) in [5.41, 5.74) is 6.82. The maximum atomic E-state index is 13.4. The molecule has 0 aromatic heterocycles. The zero-order valence-corrected chi connectivity index (χ0v) is 9.78. The van der Waals surface area contributed by atoms with Gasteiger partial charge < -0.3 is 15.2 Å². The molecule has 1 unspecified atom stereocenters. The van der Waals surface area contributed by atoms with Gasteiger partial charge in [0.05, 0.1) is 0 Å². The van der Waals surface area contributed by atoms with E-state index >= 15 is 0 Å². The van der Waals surface area contributed by atoms with Crippen molar-refractivity contribution < 1.29 is 13.9 Å². The Kier molecular flexibility index (Phi) is 3.64. The Morgan fingerprint density at radius 2 is 2.18 bits per heavy atom. The van der Waals surface area contributed by atoms with Crippen molar-refractivity contribution in [3.63, 3.8) is 0 Å². The second kappa shape index (κ2) is 5.19. The lowest BCUT2D eigenvalue weighted by Gasteiger charge is -2.21. The first-order valence-electron chi connectivity index (χ1n) is 5.66. The van der Waals surface area contributed by atoms with Crippen LogP contribution in [0.4, 0.5) is 4.39 Å². The van der Waals surface area contributed by atoms with Crippen LogP contribution in [0.1, 0.15) is 24.2 Å². The predicted molar refractivity (Wildman–Crippen MR) is 65.0 cm³/mol. The fraction of sp³-hybridized carbons (Fsp3) is 0.385. The molecular weight excluding hydrogens is 221 g/mol. The molecule has 1 atom stereocenters. The fourth-order valence-corrected chi connectivity index (χ4v) is 1.75. The van der Waals surface area contributed by atoms with Gasteiger partial charge in [-0.05, 0) is 24.6 Å². The monoisotopic (exact) mass is 237 g/mol. The molecule has 2 N–H and O–H groups in total. The summed E-state index contributed by atoms with van der Waals surface area (Å²) in [4.78, 5) is 0. The zero-order chi connectivity index (χ0) is 12.3. The van der Waals surface area contributed by atoms with Gasteiger partial charge in [0.15, 0.2) is 11.5 Å². The summed E-state index contributed by atoms with van der Waals surface area (Å²) in [6, 6.07) is 3.46. The second-order valence-electron chi connectivity index (χ2n) is 3.89. The van der Waals surface area contributed by atoms with Gasteiger partial charge in [-0.25, -0.2) is 4.39 Å². The van der Waals surface area contributed by atoms with Gasteiger partial charge >= 0.3 is 0 Å². The molecule has 1 heterocycles. The van der Waals surface area contributed by atoms with E-state index < -0.39 is 6.17 Å². The number of nitrogens with two attached hydrogens (primary N) is 1. The van der Waals surface area contributed by atoms with Crippen molar-refractivity contribution in [1.29, 1.82) is 0 Å². The lowest BCUT2D eigenvalue weighted by Crippen LogP contribution is -2.16. The van der Waals surface area contributed by atoms with Crippen molar-refractivity contribution in [2.45, 2.75) is 13.1 Å². The molecule has 3 nitrogen and oxygen atoms in total. The summed E-state index contributed by atoms with van der Waals surface area (Å²) in [5, 5.41) is 0. The molecule has 4 heteroatoms. The third-order valence-electron chi connectivity index (χ3n) is 2.59. The molecule has 17 heavy (non-hydrogen) atoms. The molecule has 2 rings (SSSR count). The average Bonchev–Trinajstić information content (AvgIpc) is 2.35. The van der Waals surface area contributed by atoms with Crippen molar-refractivity contribution in [2.24, 2.45) is 5.73 Å². The summed E-state index contributed by atoms with van der Waals surface area (Å²) in [7, 11) is 0. The highest BCUT2D eigenvalue weighted by molar-refractivity contribution is 5.64. The normalized spacial score (nSPS) is 16.2. The molecule has 92 valence electrons. The highest BCUT2D eigenvalue weighted by Gasteiger charge is 2.18. The van der Waals surface area contributed by atoms with Gasteiger partial charge in [0.25, 0.3) is 0 Å². The average molecular weight is 237 g/mol. The molecule has 0 fully saturated rings. The zero-order valence-electron chi connectivity index (χ0n) is 9.78. The minimum absolute atomic E-state index is 0.436. The Balaban J connectivity index is 2.46. The Morgan fingerprint density at radius 3 is 2.88 bits per heavy atom. The number of hydrogen-bond donors (Lipinski definition) is 1. The molecule has 1 aromatic carbocycles. The van der Waals surface area contributed by atoms with Gasteiger partial charge in [-0.3, -0.25) is 0 Å². The van der Waals surface area contributed by atoms with Crippen LogP contribution >= 0.6 is 0 Å². The number of fused-ring (bicyclic) bond motifs is 1. The number of alkyl halides is 1. The molecule has 0 bridgehead atoms. The minimum Gasteiger partial charge on any atom is -0.486 e. The molecule has 0 radical (unpaired) electrons. The van der Waals surface area contributed by atoms with Crippen LogP contribution in [0.25, 0.3) is 6.08 Å². The van der Waals surface area contributed by atoms with Gasteiger partial charge in [0.1, 0.15) is 19.4 Å². The van der Waals surface area contributed by atoms with Crippen LogP contribution in [0, 0.1) is 0 Å². The Hall–Kier alpha value is -1.55. The van der Waals surface area contributed by atoms with Gasteiger partial charge in [-0.15, -0.1) is 0 Å². The fourth-order valence-electron chi connectivity index (χ4n) is 1.75. The maximum Gasteiger partial charge on any atom is 0.168 e. The maximum absolute atomic E-state index is 13.4. The van der Waals surface area contributed by atoms with Gasteiger partial charge in [-0.2, -0.15) is 0 Å². The summed E-state index contributed by atoms with van der Waals surface area (Å²) in [6.07, 6.45) is 2.61. The molecular formula is C13H16FNO2. The van der Waals surface area contributed by atoms with Crippen LogP contribution in [0.5, 0.6) is 11.5 Å². The van der Waals surface area contributed by atoms with Crippen LogP contribution in [-0.4, -0.2) is 19.8 Å². The standard InChI is InChI=1S/C13H16FNO2/c1-9(14)11-7-10(3-2-4-15)13-12(8-11)16-5-6-17-13/h2-3,7-9H,4-6,15H2,1H3/b3-2+. The quantitative estimate of drug-likeness (QED) is 0.878. The third-order valence-corrected chi connectivity index (χ3v) is 2.59. The molecule has 1 aromatic rings. The van der Waals surface area contributed by atoms with E-state index in [0.717, 1.165) is 5.56 Å². The van der Waals surface area contributed by atoms with E-state index in [0.29, 0.717) is 36.8 Å². The lowest BCUT2D eigenvalue weighted by molar-refractivity contribution is 0.170. The topological polar surface area (TPSA) is 44.5 Å². The first-order chi connectivity index (χ1) is 8.22. The van der Waals surface area contributed by atoms with E-state index in [4.69, 9.17) is 15.2 Å². The third kappa shape index (κ3) is 2.58. The van der Waals surface area contributed by atoms with Gasteiger partial charge in [0.2, 0.25) is 0 Å². The van der Waals surface area contributed by atoms with Crippen LogP contribution in [0.15, 0.2) is 18.2 Å². The van der Waals surface area contributed by atoms with E-state index in [1.807, 2.05) is 6.08 Å². The number of ether oxygens (including phenoxy) is 2. The number of benzene rings is 1. The predicted octanol–water partition coefficient (Wildman–Crippen LogP) is 2.46. The summed E-state index contributed by atoms with van der Waals surface area (Å²) >= 11 is 0. The SMILES string of the molecule is CC(F)c1cc(/C=C/CN)c2c(c1)OCCO2. The molecule has 1 aliphatic heterocycles. The second-order valence-corrected chi connectivity index (χ2v) is 3.89. The van der Waals surface area contributed by atoms with Crippen LogP contribution < -0.4 is 15.2 Å². The molecule has 0 saturated heterocycles. The van der Waals surface area contributed by atoms with Crippen LogP contribution in [0.2, 0.25) is 0 Å². The van der Waals surface area contributed by atoms with Crippen molar-refractivity contribution in [2.75, 3.05) is 19.8 Å². The van der Waals surface area contributed by atoms with E-state index in [9.17, 15) is 4.39 Å². The van der Waals surface area contributed by atoms with Crippen LogP contribution in [0.3, 0.4) is 0 Å². The lowest BCUT2D eigenvalue weighted by atomic mass is 10.0. The Labute approximate surface area is 100 Å². The van der Waals surface area contributed by atoms with E-state index in [1.54, 1.807) is 18.2 Å². The first kappa shape index (κ1) is 11.9. The van der Waals surface area contributed by atoms with E-state index in [-0.39, 0.29) is 0 Å². The first-order valence-corrected chi connectivity index (χ1v) is 5.66. The highest BCUT2D eigenvalue weighted by Crippen LogP contribution is 2.38. The molecule has 0 amide bonds. The molecule has 0 saturated carbocycles. The largest absolute Gasteiger partial charge is 0.486 e. The molecule has 1 aliphatic rings. The highest BCUT2D eigenvalue weighted by atomic mass is 19.1. The van der Waals surface area contributed by atoms with Crippen molar-refractivity contribution in [3.8, 4) is 11.5 Å². The van der Waals surface area contributed by atoms with Crippen molar-refractivity contribution >= 4 is 6.08 Å².